The van der Waals surface area contributed by atoms with Crippen molar-refractivity contribution in [3.05, 3.63) is 35.9 Å². The first-order valence-corrected chi connectivity index (χ1v) is 5.96. The van der Waals surface area contributed by atoms with Gasteiger partial charge < -0.3 is 5.11 Å². The quantitative estimate of drug-likeness (QED) is 0.827. The lowest BCUT2D eigenvalue weighted by molar-refractivity contribution is -0.143. The molecule has 2 rings (SSSR count). The molecule has 0 aliphatic heterocycles. The Hall–Kier alpha value is -1.31. The molecular weight excluding hydrogens is 200 g/mol. The van der Waals surface area contributed by atoms with E-state index in [1.165, 1.54) is 5.56 Å². The number of benzene rings is 1. The van der Waals surface area contributed by atoms with Crippen LogP contribution in [0.5, 0.6) is 0 Å². The summed E-state index contributed by atoms with van der Waals surface area (Å²) < 4.78 is 0. The summed E-state index contributed by atoms with van der Waals surface area (Å²) in [6.07, 6.45) is 2.65. The largest absolute Gasteiger partial charge is 0.481 e. The molecular formula is C14H18O2. The van der Waals surface area contributed by atoms with Gasteiger partial charge in [-0.1, -0.05) is 37.3 Å². The number of carboxylic acid groups (broad SMARTS) is 1. The van der Waals surface area contributed by atoms with Gasteiger partial charge in [0.05, 0.1) is 5.92 Å². The van der Waals surface area contributed by atoms with Crippen LogP contribution in [0, 0.1) is 11.8 Å². The Morgan fingerprint density at radius 1 is 1.25 bits per heavy atom. The van der Waals surface area contributed by atoms with Gasteiger partial charge in [-0.2, -0.15) is 0 Å². The first-order chi connectivity index (χ1) is 7.68. The van der Waals surface area contributed by atoms with Crippen LogP contribution >= 0.6 is 0 Å². The number of carbonyl (C=O) groups is 1. The highest BCUT2D eigenvalue weighted by molar-refractivity contribution is 5.70. The molecule has 1 aliphatic carbocycles. The molecule has 2 heteroatoms. The number of aliphatic carboxylic acids is 1. The molecule has 1 fully saturated rings. The van der Waals surface area contributed by atoms with Gasteiger partial charge in [0.2, 0.25) is 0 Å². The van der Waals surface area contributed by atoms with Crippen molar-refractivity contribution in [3.63, 3.8) is 0 Å². The molecule has 0 amide bonds. The average molecular weight is 218 g/mol. The van der Waals surface area contributed by atoms with Crippen molar-refractivity contribution in [2.75, 3.05) is 0 Å². The van der Waals surface area contributed by atoms with Crippen LogP contribution < -0.4 is 0 Å². The van der Waals surface area contributed by atoms with E-state index in [-0.39, 0.29) is 5.92 Å². The van der Waals surface area contributed by atoms with Crippen LogP contribution in [0.3, 0.4) is 0 Å². The highest BCUT2D eigenvalue weighted by atomic mass is 16.4. The Balaban J connectivity index is 2.16. The molecule has 1 aromatic rings. The van der Waals surface area contributed by atoms with E-state index in [2.05, 4.69) is 19.1 Å². The van der Waals surface area contributed by atoms with Crippen molar-refractivity contribution < 1.29 is 9.90 Å². The van der Waals surface area contributed by atoms with Crippen LogP contribution in [0.1, 0.15) is 37.7 Å². The smallest absolute Gasteiger partial charge is 0.306 e. The van der Waals surface area contributed by atoms with Crippen LogP contribution in [0.4, 0.5) is 0 Å². The van der Waals surface area contributed by atoms with Crippen molar-refractivity contribution in [2.45, 2.75) is 32.1 Å². The molecule has 0 radical (unpaired) electrons. The first-order valence-electron chi connectivity index (χ1n) is 5.96. The summed E-state index contributed by atoms with van der Waals surface area (Å²) in [6.45, 7) is 2.23. The van der Waals surface area contributed by atoms with Gasteiger partial charge in [0.25, 0.3) is 0 Å². The lowest BCUT2D eigenvalue weighted by Crippen LogP contribution is -2.26. The standard InChI is InChI=1S/C14H18O2/c1-10-7-8-12(14(15)16)9-13(10)11-5-3-2-4-6-11/h2-6,10,12-13H,7-9H2,1H3,(H,15,16)/t10-,12+,13-/m1/s1. The molecule has 16 heavy (non-hydrogen) atoms. The monoisotopic (exact) mass is 218 g/mol. The highest BCUT2D eigenvalue weighted by Gasteiger charge is 2.32. The normalized spacial score (nSPS) is 29.9. The van der Waals surface area contributed by atoms with Crippen molar-refractivity contribution in [1.29, 1.82) is 0 Å². The molecule has 0 aromatic heterocycles. The topological polar surface area (TPSA) is 37.3 Å². The molecule has 1 aliphatic rings. The van der Waals surface area contributed by atoms with Crippen LogP contribution in [0.15, 0.2) is 30.3 Å². The molecule has 0 spiro atoms. The molecule has 86 valence electrons. The first kappa shape index (κ1) is 11.2. The fraction of sp³-hybridized carbons (Fsp3) is 0.500. The summed E-state index contributed by atoms with van der Waals surface area (Å²) in [7, 11) is 0. The van der Waals surface area contributed by atoms with Gasteiger partial charge >= 0.3 is 5.97 Å². The fourth-order valence-corrected chi connectivity index (χ4v) is 2.71. The third-order valence-corrected chi connectivity index (χ3v) is 3.77. The van der Waals surface area contributed by atoms with Crippen LogP contribution in [-0.4, -0.2) is 11.1 Å². The second-order valence-corrected chi connectivity index (χ2v) is 4.84. The number of hydrogen-bond donors (Lipinski definition) is 1. The van der Waals surface area contributed by atoms with E-state index in [4.69, 9.17) is 5.11 Å². The van der Waals surface area contributed by atoms with Gasteiger partial charge in [0.1, 0.15) is 0 Å². The minimum atomic E-state index is -0.632. The van der Waals surface area contributed by atoms with E-state index in [1.807, 2.05) is 18.2 Å². The molecule has 0 bridgehead atoms. The molecule has 1 N–H and O–H groups in total. The predicted octanol–water partition coefficient (Wildman–Crippen LogP) is 3.29. The SMILES string of the molecule is C[C@@H]1CC[C@H](C(=O)O)C[C@H]1c1ccccc1. The molecule has 2 nitrogen and oxygen atoms in total. The third-order valence-electron chi connectivity index (χ3n) is 3.77. The van der Waals surface area contributed by atoms with E-state index in [1.54, 1.807) is 0 Å². The summed E-state index contributed by atoms with van der Waals surface area (Å²) in [5.74, 6) is 0.225. The summed E-state index contributed by atoms with van der Waals surface area (Å²) in [5.41, 5.74) is 1.29. The predicted molar refractivity (Wildman–Crippen MR) is 63.3 cm³/mol. The van der Waals surface area contributed by atoms with E-state index < -0.39 is 5.97 Å². The van der Waals surface area contributed by atoms with Crippen molar-refractivity contribution in [2.24, 2.45) is 11.8 Å². The maximum absolute atomic E-state index is 11.0. The number of carboxylic acids is 1. The maximum atomic E-state index is 11.0. The van der Waals surface area contributed by atoms with Gasteiger partial charge in [-0.3, -0.25) is 4.79 Å². The van der Waals surface area contributed by atoms with E-state index in [9.17, 15) is 4.79 Å². The van der Waals surface area contributed by atoms with Crippen molar-refractivity contribution in [1.82, 2.24) is 0 Å². The van der Waals surface area contributed by atoms with Gasteiger partial charge in [0, 0.05) is 0 Å². The molecule has 1 aromatic carbocycles. The lowest BCUT2D eigenvalue weighted by Gasteiger charge is -2.32. The van der Waals surface area contributed by atoms with Gasteiger partial charge in [0.15, 0.2) is 0 Å². The highest BCUT2D eigenvalue weighted by Crippen LogP contribution is 2.40. The molecule has 0 unspecified atom stereocenters. The Labute approximate surface area is 96.3 Å². The zero-order valence-corrected chi connectivity index (χ0v) is 9.60. The minimum Gasteiger partial charge on any atom is -0.481 e. The van der Waals surface area contributed by atoms with Crippen LogP contribution in [-0.2, 0) is 4.79 Å². The van der Waals surface area contributed by atoms with Gasteiger partial charge in [-0.25, -0.2) is 0 Å². The summed E-state index contributed by atoms with van der Waals surface area (Å²) >= 11 is 0. The summed E-state index contributed by atoms with van der Waals surface area (Å²) in [5, 5.41) is 9.09. The van der Waals surface area contributed by atoms with Gasteiger partial charge in [-0.15, -0.1) is 0 Å². The second kappa shape index (κ2) is 4.69. The number of rotatable bonds is 2. The van der Waals surface area contributed by atoms with E-state index in [0.29, 0.717) is 11.8 Å². The molecule has 0 saturated heterocycles. The third kappa shape index (κ3) is 2.26. The Morgan fingerprint density at radius 2 is 1.94 bits per heavy atom. The maximum Gasteiger partial charge on any atom is 0.306 e. The zero-order chi connectivity index (χ0) is 11.5. The van der Waals surface area contributed by atoms with E-state index >= 15 is 0 Å². The van der Waals surface area contributed by atoms with Crippen LogP contribution in [0.2, 0.25) is 0 Å². The molecule has 1 saturated carbocycles. The Morgan fingerprint density at radius 3 is 2.56 bits per heavy atom. The lowest BCUT2D eigenvalue weighted by atomic mass is 9.72. The van der Waals surface area contributed by atoms with Crippen LogP contribution in [0.25, 0.3) is 0 Å². The Kier molecular flexibility index (Phi) is 3.28. The second-order valence-electron chi connectivity index (χ2n) is 4.84. The zero-order valence-electron chi connectivity index (χ0n) is 9.60. The average Bonchev–Trinajstić information content (AvgIpc) is 2.30. The fourth-order valence-electron chi connectivity index (χ4n) is 2.71. The van der Waals surface area contributed by atoms with E-state index in [0.717, 1.165) is 19.3 Å². The van der Waals surface area contributed by atoms with Crippen molar-refractivity contribution in [3.8, 4) is 0 Å². The minimum absolute atomic E-state index is 0.151. The molecule has 0 heterocycles. The molecule has 3 atom stereocenters. The summed E-state index contributed by atoms with van der Waals surface area (Å²) in [4.78, 5) is 11.0. The Bertz CT molecular complexity index is 358. The van der Waals surface area contributed by atoms with Gasteiger partial charge in [-0.05, 0) is 36.7 Å². The van der Waals surface area contributed by atoms with Crippen molar-refractivity contribution >= 4 is 5.97 Å². The summed E-state index contributed by atoms with van der Waals surface area (Å²) in [6, 6.07) is 10.3. The number of hydrogen-bond acceptors (Lipinski definition) is 1.